The van der Waals surface area contributed by atoms with Crippen LogP contribution in [-0.2, 0) is 0 Å². The molecule has 0 amide bonds. The van der Waals surface area contributed by atoms with E-state index in [1.54, 1.807) is 0 Å². The Morgan fingerprint density at radius 2 is 0.900 bits per heavy atom. The molecule has 0 saturated carbocycles. The summed E-state index contributed by atoms with van der Waals surface area (Å²) in [5.41, 5.74) is 8.13. The molecule has 1 heteroatoms. The molecular weight excluding hydrogens is 242 g/mol. The minimum Gasteiger partial charge on any atom is -0.251 e. The van der Waals surface area contributed by atoms with Gasteiger partial charge in [-0.15, -0.1) is 0 Å². The molecule has 0 aliphatic rings. The zero-order valence-corrected chi connectivity index (χ0v) is 14.6. The van der Waals surface area contributed by atoms with E-state index >= 15 is 0 Å². The highest BCUT2D eigenvalue weighted by atomic mass is 14.7. The number of hydrogen-bond donors (Lipinski definition) is 0. The Morgan fingerprint density at radius 3 is 1.25 bits per heavy atom. The first kappa shape index (κ1) is 20.0. The van der Waals surface area contributed by atoms with E-state index in [1.165, 1.54) is 77.0 Å². The van der Waals surface area contributed by atoms with Crippen molar-refractivity contribution in [3.05, 3.63) is 0 Å². The second kappa shape index (κ2) is 13.9. The Balaban J connectivity index is 3.17. The van der Waals surface area contributed by atoms with E-state index in [0.29, 0.717) is 0 Å². The van der Waals surface area contributed by atoms with Crippen LogP contribution in [0.2, 0.25) is 0 Å². The molecule has 20 heavy (non-hydrogen) atoms. The Bertz CT molecular complexity index is 184. The first-order chi connectivity index (χ1) is 9.68. The van der Waals surface area contributed by atoms with Gasteiger partial charge in [0.25, 0.3) is 0 Å². The van der Waals surface area contributed by atoms with Crippen molar-refractivity contribution in [2.24, 2.45) is 0 Å². The van der Waals surface area contributed by atoms with Crippen LogP contribution >= 0.6 is 0 Å². The molecule has 0 aromatic carbocycles. The summed E-state index contributed by atoms with van der Waals surface area (Å²) in [6, 6.07) is 0. The lowest BCUT2D eigenvalue weighted by molar-refractivity contribution is 0.337. The van der Waals surface area contributed by atoms with Crippen LogP contribution in [0.15, 0.2) is 0 Å². The van der Waals surface area contributed by atoms with Crippen LogP contribution in [0.3, 0.4) is 0 Å². The molecule has 0 rings (SSSR count). The Kier molecular flexibility index (Phi) is 13.9. The van der Waals surface area contributed by atoms with Gasteiger partial charge >= 0.3 is 0 Å². The summed E-state index contributed by atoms with van der Waals surface area (Å²) in [7, 11) is 0. The molecule has 0 unspecified atom stereocenters. The van der Waals surface area contributed by atoms with E-state index in [-0.39, 0.29) is 5.54 Å². The Hall–Kier alpha value is -0.0400. The predicted octanol–water partition coefficient (Wildman–Crippen LogP) is 6.92. The molecule has 1 radical (unpaired) electrons. The van der Waals surface area contributed by atoms with Crippen molar-refractivity contribution in [2.75, 3.05) is 0 Å². The standard InChI is InChI=1S/C19H40N/c1-4-7-8-9-10-11-12-13-14-15-16-17-18-19(20,5-2)6-3/h20H,4-18H2,1-3H3. The largest absolute Gasteiger partial charge is 0.251 e. The van der Waals surface area contributed by atoms with Crippen molar-refractivity contribution in [3.63, 3.8) is 0 Å². The second-order valence-corrected chi connectivity index (χ2v) is 6.63. The van der Waals surface area contributed by atoms with Crippen LogP contribution in [0.5, 0.6) is 0 Å². The molecule has 0 aliphatic heterocycles. The molecule has 0 atom stereocenters. The Morgan fingerprint density at radius 1 is 0.550 bits per heavy atom. The fourth-order valence-corrected chi connectivity index (χ4v) is 2.91. The molecular formula is C19H40N. The van der Waals surface area contributed by atoms with Gasteiger partial charge in [-0.1, -0.05) is 97.8 Å². The minimum atomic E-state index is -0.126. The second-order valence-electron chi connectivity index (χ2n) is 6.63. The number of rotatable bonds is 15. The summed E-state index contributed by atoms with van der Waals surface area (Å²) < 4.78 is 0. The lowest BCUT2D eigenvalue weighted by Crippen LogP contribution is -2.28. The number of nitrogens with one attached hydrogen (secondary N) is 1. The molecule has 0 aliphatic carbocycles. The van der Waals surface area contributed by atoms with Gasteiger partial charge in [-0.25, -0.2) is 0 Å². The zero-order valence-electron chi connectivity index (χ0n) is 14.6. The zero-order chi connectivity index (χ0) is 15.1. The third kappa shape index (κ3) is 11.8. The quantitative estimate of drug-likeness (QED) is 0.291. The van der Waals surface area contributed by atoms with E-state index in [0.717, 1.165) is 19.3 Å². The molecule has 0 spiro atoms. The molecule has 0 saturated heterocycles. The van der Waals surface area contributed by atoms with E-state index in [1.807, 2.05) is 0 Å². The molecule has 0 aromatic rings. The van der Waals surface area contributed by atoms with Crippen molar-refractivity contribution in [1.29, 1.82) is 0 Å². The third-order valence-corrected chi connectivity index (χ3v) is 4.86. The molecule has 0 aromatic heterocycles. The summed E-state index contributed by atoms with van der Waals surface area (Å²) in [6.07, 6.45) is 20.0. The first-order valence-corrected chi connectivity index (χ1v) is 9.43. The number of hydrogen-bond acceptors (Lipinski definition) is 0. The van der Waals surface area contributed by atoms with Crippen LogP contribution in [0.25, 0.3) is 0 Å². The highest BCUT2D eigenvalue weighted by Gasteiger charge is 2.19. The average Bonchev–Trinajstić information content (AvgIpc) is 2.48. The van der Waals surface area contributed by atoms with Crippen LogP contribution in [-0.4, -0.2) is 5.54 Å². The minimum absolute atomic E-state index is 0.126. The summed E-state index contributed by atoms with van der Waals surface area (Å²) in [4.78, 5) is 0. The maximum Gasteiger partial charge on any atom is 0.0318 e. The van der Waals surface area contributed by atoms with E-state index < -0.39 is 0 Å². The van der Waals surface area contributed by atoms with Crippen molar-refractivity contribution in [2.45, 2.75) is 123 Å². The first-order valence-electron chi connectivity index (χ1n) is 9.43. The van der Waals surface area contributed by atoms with Gasteiger partial charge in [-0.05, 0) is 19.3 Å². The summed E-state index contributed by atoms with van der Waals surface area (Å²) in [5, 5.41) is 0. The van der Waals surface area contributed by atoms with Crippen molar-refractivity contribution >= 4 is 0 Å². The highest BCUT2D eigenvalue weighted by molar-refractivity contribution is 4.79. The van der Waals surface area contributed by atoms with Gasteiger partial charge in [-0.2, -0.15) is 0 Å². The van der Waals surface area contributed by atoms with Crippen LogP contribution in [0, 0.1) is 0 Å². The van der Waals surface area contributed by atoms with E-state index in [2.05, 4.69) is 20.8 Å². The monoisotopic (exact) mass is 282 g/mol. The van der Waals surface area contributed by atoms with Crippen LogP contribution in [0.1, 0.15) is 117 Å². The lowest BCUT2D eigenvalue weighted by Gasteiger charge is -2.25. The normalized spacial score (nSPS) is 12.0. The Labute approximate surface area is 129 Å². The van der Waals surface area contributed by atoms with Gasteiger partial charge in [0, 0.05) is 5.54 Å². The van der Waals surface area contributed by atoms with Gasteiger partial charge in [0.2, 0.25) is 0 Å². The summed E-state index contributed by atoms with van der Waals surface area (Å²) in [5.74, 6) is 0. The van der Waals surface area contributed by atoms with Gasteiger partial charge in [0.15, 0.2) is 0 Å². The van der Waals surface area contributed by atoms with Crippen molar-refractivity contribution < 1.29 is 0 Å². The van der Waals surface area contributed by atoms with Crippen LogP contribution < -0.4 is 5.73 Å². The van der Waals surface area contributed by atoms with Gasteiger partial charge < -0.3 is 0 Å². The van der Waals surface area contributed by atoms with Gasteiger partial charge in [-0.3, -0.25) is 5.73 Å². The lowest BCUT2D eigenvalue weighted by atomic mass is 9.88. The average molecular weight is 283 g/mol. The molecule has 0 heterocycles. The number of unbranched alkanes of at least 4 members (excludes halogenated alkanes) is 11. The maximum atomic E-state index is 8.26. The highest BCUT2D eigenvalue weighted by Crippen LogP contribution is 2.22. The van der Waals surface area contributed by atoms with Gasteiger partial charge in [0.1, 0.15) is 0 Å². The van der Waals surface area contributed by atoms with E-state index in [9.17, 15) is 0 Å². The fourth-order valence-electron chi connectivity index (χ4n) is 2.91. The molecule has 0 bridgehead atoms. The molecule has 1 nitrogen and oxygen atoms in total. The molecule has 121 valence electrons. The van der Waals surface area contributed by atoms with Crippen molar-refractivity contribution in [1.82, 2.24) is 5.73 Å². The third-order valence-electron chi connectivity index (χ3n) is 4.86. The predicted molar refractivity (Wildman–Crippen MR) is 92.1 cm³/mol. The van der Waals surface area contributed by atoms with E-state index in [4.69, 9.17) is 5.73 Å². The smallest absolute Gasteiger partial charge is 0.0318 e. The SMILES string of the molecule is CCCCCCCCCCCCCCC([NH])(CC)CC. The fraction of sp³-hybridized carbons (Fsp3) is 1.00. The van der Waals surface area contributed by atoms with Crippen molar-refractivity contribution in [3.8, 4) is 0 Å². The molecule has 1 N–H and O–H groups in total. The summed E-state index contributed by atoms with van der Waals surface area (Å²) in [6.45, 7) is 6.61. The van der Waals surface area contributed by atoms with Crippen LogP contribution in [0.4, 0.5) is 0 Å². The van der Waals surface area contributed by atoms with Gasteiger partial charge in [0.05, 0.1) is 0 Å². The summed E-state index contributed by atoms with van der Waals surface area (Å²) >= 11 is 0. The topological polar surface area (TPSA) is 23.8 Å². The maximum absolute atomic E-state index is 8.26. The molecule has 0 fully saturated rings.